The van der Waals surface area contributed by atoms with E-state index in [0.29, 0.717) is 0 Å². The third-order valence-corrected chi connectivity index (χ3v) is 0.707. The first-order valence-electron chi connectivity index (χ1n) is 1.33. The van der Waals surface area contributed by atoms with Gasteiger partial charge in [0.05, 0.1) is 0 Å². The van der Waals surface area contributed by atoms with Crippen LogP contribution in [0, 0.1) is 0 Å². The van der Waals surface area contributed by atoms with Gasteiger partial charge in [0.25, 0.3) is 0 Å². The van der Waals surface area contributed by atoms with E-state index in [1.54, 1.807) is 6.92 Å². The molecule has 0 rings (SSSR count). The molecule has 0 atom stereocenters. The predicted octanol–water partition coefficient (Wildman–Crippen LogP) is -2.86. The largest absolute Gasteiger partial charge is 1.00 e. The van der Waals surface area contributed by atoms with Gasteiger partial charge < -0.3 is 13.9 Å². The summed E-state index contributed by atoms with van der Waals surface area (Å²) in [6.45, 7) is 1.59. The molecule has 0 saturated carbocycles. The van der Waals surface area contributed by atoms with Crippen LogP contribution in [0.1, 0.15) is 6.92 Å². The van der Waals surface area contributed by atoms with Crippen LogP contribution in [0.3, 0.4) is 0 Å². The molecule has 0 radical (unpaired) electrons. The van der Waals surface area contributed by atoms with E-state index in [0.717, 1.165) is 0 Å². The van der Waals surface area contributed by atoms with Gasteiger partial charge in [-0.15, -0.1) is 0 Å². The van der Waals surface area contributed by atoms with E-state index in [2.05, 4.69) is 0 Å². The minimum absolute atomic E-state index is 0. The van der Waals surface area contributed by atoms with Crippen molar-refractivity contribution in [3.63, 3.8) is 0 Å². The molecule has 0 aromatic heterocycles. The fraction of sp³-hybridized carbons (Fsp3) is 1.00. The van der Waals surface area contributed by atoms with Gasteiger partial charge in [-0.05, 0) is 0 Å². The van der Waals surface area contributed by atoms with Gasteiger partial charge >= 0.3 is 29.6 Å². The summed E-state index contributed by atoms with van der Waals surface area (Å²) in [4.78, 5) is 0. The number of hydrogen-bond donors (Lipinski definition) is 0. The van der Waals surface area contributed by atoms with Crippen molar-refractivity contribution in [3.05, 3.63) is 0 Å². The molecule has 0 saturated heterocycles. The van der Waals surface area contributed by atoms with Gasteiger partial charge in [0.1, 0.15) is 0 Å². The fourth-order valence-electron chi connectivity index (χ4n) is 0. The van der Waals surface area contributed by atoms with E-state index in [4.69, 9.17) is 0 Å². The Labute approximate surface area is 66.7 Å². The molecule has 0 aliphatic carbocycles. The molecule has 0 fully saturated rings. The normalized spacial score (nSPS) is 6.57. The molecule has 1 N–H and O–H groups in total. The molecule has 0 heterocycles. The van der Waals surface area contributed by atoms with Crippen LogP contribution >= 0.6 is 0 Å². The quantitative estimate of drug-likeness (QED) is 0.285. The van der Waals surface area contributed by atoms with E-state index in [-0.39, 0.29) is 40.8 Å². The van der Waals surface area contributed by atoms with Gasteiger partial charge in [0.15, 0.2) is 0 Å². The van der Waals surface area contributed by atoms with E-state index in [9.17, 15) is 8.42 Å². The summed E-state index contributed by atoms with van der Waals surface area (Å²) in [6, 6.07) is 0. The summed E-state index contributed by atoms with van der Waals surface area (Å²) in [6.07, 6.45) is 0. The van der Waals surface area contributed by atoms with Crippen LogP contribution in [-0.4, -0.2) is 11.2 Å². The zero-order valence-electron chi connectivity index (χ0n) is 4.38. The summed E-state index contributed by atoms with van der Waals surface area (Å²) in [5.74, 6) is 0.222. The monoisotopic (exact) mass is 133 g/mol. The standard InChI is InChI=1S/C2H5O2S.Na.H2O/c1-2-5(3)4;;/h2H2,1H3;;1H2/q-1;+1;/p-1. The Morgan fingerprint density at radius 2 is 1.57 bits per heavy atom. The topological polar surface area (TPSA) is 64.1 Å². The van der Waals surface area contributed by atoms with Crippen LogP contribution in [0.4, 0.5) is 0 Å². The van der Waals surface area contributed by atoms with Crippen molar-refractivity contribution >= 4 is 10.7 Å². The van der Waals surface area contributed by atoms with Crippen LogP contribution in [0.25, 0.3) is 0 Å². The zero-order valence-corrected chi connectivity index (χ0v) is 7.20. The third-order valence-electron chi connectivity index (χ3n) is 0.236. The summed E-state index contributed by atoms with van der Waals surface area (Å²) < 4.78 is 18.7. The third kappa shape index (κ3) is 19.7. The second-order valence-electron chi connectivity index (χ2n) is 0.592. The molecule has 0 aromatic carbocycles. The molecule has 0 amide bonds. The van der Waals surface area contributed by atoms with Crippen molar-refractivity contribution in [2.45, 2.75) is 6.92 Å². The zero-order chi connectivity index (χ0) is 4.28. The van der Waals surface area contributed by atoms with Gasteiger partial charge in [-0.3, -0.25) is 0 Å². The van der Waals surface area contributed by atoms with E-state index in [1.165, 1.54) is 0 Å². The maximum atomic E-state index is 9.37. The van der Waals surface area contributed by atoms with Crippen molar-refractivity contribution in [2.24, 2.45) is 0 Å². The minimum atomic E-state index is -1.82. The van der Waals surface area contributed by atoms with Crippen LogP contribution in [0.2, 0.25) is 0 Å². The Bertz CT molecular complexity index is 71.0. The Hall–Kier alpha value is 0.910. The maximum absolute atomic E-state index is 9.37. The van der Waals surface area contributed by atoms with E-state index >= 15 is 0 Å². The smallest absolute Gasteiger partial charge is 0.870 e. The SMILES string of the molecule is CC[S-](=O)=O.[Na+].[OH-]. The van der Waals surface area contributed by atoms with E-state index < -0.39 is 10.7 Å². The number of hydrogen-bond acceptors (Lipinski definition) is 4. The Morgan fingerprint density at radius 1 is 1.43 bits per heavy atom. The first kappa shape index (κ1) is 15.7. The molecule has 7 heavy (non-hydrogen) atoms. The van der Waals surface area contributed by atoms with Gasteiger partial charge in [-0.25, -0.2) is 0 Å². The van der Waals surface area contributed by atoms with Gasteiger partial charge in [0, 0.05) is 0 Å². The molecule has 0 unspecified atom stereocenters. The Balaban J connectivity index is -0.0000000800. The Kier molecular flexibility index (Phi) is 22.4. The molecule has 40 valence electrons. The molecule has 0 bridgehead atoms. The molecule has 5 heteroatoms. The van der Waals surface area contributed by atoms with Crippen LogP contribution < -0.4 is 29.6 Å². The molecular formula is C2H6NaO3S-. The molecule has 0 aromatic rings. The van der Waals surface area contributed by atoms with Crippen molar-refractivity contribution in [2.75, 3.05) is 5.75 Å². The van der Waals surface area contributed by atoms with Crippen molar-refractivity contribution in [1.82, 2.24) is 0 Å². The molecule has 0 aliphatic heterocycles. The fourth-order valence-corrected chi connectivity index (χ4v) is 0. The average molecular weight is 133 g/mol. The van der Waals surface area contributed by atoms with Crippen molar-refractivity contribution in [1.29, 1.82) is 0 Å². The second-order valence-corrected chi connectivity index (χ2v) is 1.78. The number of rotatable bonds is 1. The predicted molar refractivity (Wildman–Crippen MR) is 21.2 cm³/mol. The molecule has 0 aliphatic rings. The van der Waals surface area contributed by atoms with E-state index in [1.807, 2.05) is 0 Å². The van der Waals surface area contributed by atoms with Gasteiger partial charge in [0.2, 0.25) is 0 Å². The van der Waals surface area contributed by atoms with Crippen molar-refractivity contribution < 1.29 is 43.5 Å². The second kappa shape index (κ2) is 10.0. The summed E-state index contributed by atoms with van der Waals surface area (Å²) in [5.41, 5.74) is 0. The Morgan fingerprint density at radius 3 is 1.57 bits per heavy atom. The summed E-state index contributed by atoms with van der Waals surface area (Å²) >= 11 is 0. The van der Waals surface area contributed by atoms with Crippen molar-refractivity contribution in [3.8, 4) is 0 Å². The molecular weight excluding hydrogens is 127 g/mol. The van der Waals surface area contributed by atoms with Gasteiger partial charge in [-0.2, -0.15) is 0 Å². The van der Waals surface area contributed by atoms with Crippen LogP contribution in [-0.2, 0) is 19.1 Å². The summed E-state index contributed by atoms with van der Waals surface area (Å²) in [7, 11) is -1.82. The maximum Gasteiger partial charge on any atom is 1.00 e. The summed E-state index contributed by atoms with van der Waals surface area (Å²) in [5, 5.41) is 0. The first-order valence-corrected chi connectivity index (χ1v) is 2.57. The molecule has 0 spiro atoms. The molecule has 3 nitrogen and oxygen atoms in total. The average Bonchev–Trinajstić information content (AvgIpc) is 1.38. The van der Waals surface area contributed by atoms with Gasteiger partial charge in [-0.1, -0.05) is 23.4 Å². The minimum Gasteiger partial charge on any atom is -0.870 e. The first-order chi connectivity index (χ1) is 2.27. The van der Waals surface area contributed by atoms with Crippen LogP contribution in [0.15, 0.2) is 0 Å². The van der Waals surface area contributed by atoms with Crippen LogP contribution in [0.5, 0.6) is 0 Å².